The van der Waals surface area contributed by atoms with Crippen molar-refractivity contribution in [3.05, 3.63) is 34.0 Å². The average molecular weight is 322 g/mol. The van der Waals surface area contributed by atoms with Crippen LogP contribution < -0.4 is 5.32 Å². The van der Waals surface area contributed by atoms with E-state index in [1.807, 2.05) is 10.9 Å². The van der Waals surface area contributed by atoms with Crippen molar-refractivity contribution < 1.29 is 14.3 Å². The van der Waals surface area contributed by atoms with Gasteiger partial charge < -0.3 is 14.8 Å². The second-order valence-corrected chi connectivity index (χ2v) is 5.71. The summed E-state index contributed by atoms with van der Waals surface area (Å²) in [5, 5.41) is 9.14. The highest BCUT2D eigenvalue weighted by molar-refractivity contribution is 7.07. The lowest BCUT2D eigenvalue weighted by atomic mass is 10.1. The molecule has 1 amide bonds. The predicted molar refractivity (Wildman–Crippen MR) is 80.9 cm³/mol. The van der Waals surface area contributed by atoms with Gasteiger partial charge in [0.1, 0.15) is 11.8 Å². The quantitative estimate of drug-likeness (QED) is 0.859. The first-order valence-corrected chi connectivity index (χ1v) is 8.05. The first kappa shape index (κ1) is 15.1. The van der Waals surface area contributed by atoms with Gasteiger partial charge in [-0.2, -0.15) is 5.10 Å². The molecule has 0 saturated heterocycles. The van der Waals surface area contributed by atoms with Gasteiger partial charge in [0, 0.05) is 25.2 Å². The van der Waals surface area contributed by atoms with Crippen molar-refractivity contribution in [2.75, 3.05) is 26.9 Å². The number of hydrogen-bond donors (Lipinski definition) is 1. The Hall–Kier alpha value is -1.77. The molecule has 3 rings (SSSR count). The molecule has 0 unspecified atom stereocenters. The van der Waals surface area contributed by atoms with Crippen molar-refractivity contribution in [3.8, 4) is 0 Å². The van der Waals surface area contributed by atoms with Crippen LogP contribution >= 0.6 is 11.3 Å². The van der Waals surface area contributed by atoms with Crippen molar-refractivity contribution in [1.29, 1.82) is 0 Å². The highest BCUT2D eigenvalue weighted by Gasteiger charge is 2.25. The van der Waals surface area contributed by atoms with Gasteiger partial charge in [-0.1, -0.05) is 0 Å². The lowest BCUT2D eigenvalue weighted by Gasteiger charge is -2.22. The number of methoxy groups -OCH3 is 1. The number of carbonyl (C=O) groups excluding carboxylic acids is 1. The first-order valence-electron chi connectivity index (χ1n) is 7.11. The summed E-state index contributed by atoms with van der Waals surface area (Å²) in [7, 11) is 1.67. The third-order valence-electron chi connectivity index (χ3n) is 3.50. The molecule has 1 atom stereocenters. The molecule has 0 aliphatic carbocycles. The Morgan fingerprint density at radius 2 is 2.55 bits per heavy atom. The third kappa shape index (κ3) is 3.34. The van der Waals surface area contributed by atoms with E-state index >= 15 is 0 Å². The van der Waals surface area contributed by atoms with E-state index in [1.54, 1.807) is 18.0 Å². The minimum atomic E-state index is -0.213. The molecule has 3 heterocycles. The van der Waals surface area contributed by atoms with Crippen LogP contribution in [0, 0.1) is 0 Å². The SMILES string of the molecule is COCCn1cc2c(n1)[C@@H](CNC(=O)c1cscn1)OCC2. The molecule has 0 radical (unpaired) electrons. The smallest absolute Gasteiger partial charge is 0.270 e. The summed E-state index contributed by atoms with van der Waals surface area (Å²) in [6.07, 6.45) is 2.67. The van der Waals surface area contributed by atoms with E-state index in [-0.39, 0.29) is 12.0 Å². The highest BCUT2D eigenvalue weighted by Crippen LogP contribution is 2.25. The van der Waals surface area contributed by atoms with Gasteiger partial charge >= 0.3 is 0 Å². The topological polar surface area (TPSA) is 78.3 Å². The van der Waals surface area contributed by atoms with Crippen LogP contribution in [0.1, 0.15) is 27.8 Å². The summed E-state index contributed by atoms with van der Waals surface area (Å²) in [6, 6.07) is 0. The Balaban J connectivity index is 1.64. The van der Waals surface area contributed by atoms with E-state index < -0.39 is 0 Å². The second kappa shape index (κ2) is 6.99. The molecule has 1 N–H and O–H groups in total. The fourth-order valence-corrected chi connectivity index (χ4v) is 2.92. The summed E-state index contributed by atoms with van der Waals surface area (Å²) in [5.41, 5.74) is 4.16. The molecule has 8 heteroatoms. The zero-order valence-corrected chi connectivity index (χ0v) is 13.1. The van der Waals surface area contributed by atoms with E-state index in [0.717, 1.165) is 12.1 Å². The third-order valence-corrected chi connectivity index (χ3v) is 4.09. The predicted octanol–water partition coefficient (Wildman–Crippen LogP) is 1.03. The van der Waals surface area contributed by atoms with E-state index in [1.165, 1.54) is 16.9 Å². The number of nitrogens with zero attached hydrogens (tertiary/aromatic N) is 3. The monoisotopic (exact) mass is 322 g/mol. The van der Waals surface area contributed by atoms with Crippen LogP contribution in [0.5, 0.6) is 0 Å². The number of thiazole rings is 1. The largest absolute Gasteiger partial charge is 0.383 e. The molecule has 0 saturated carbocycles. The van der Waals surface area contributed by atoms with E-state index in [0.29, 0.717) is 32.0 Å². The zero-order chi connectivity index (χ0) is 15.4. The number of hydrogen-bond acceptors (Lipinski definition) is 6. The first-order chi connectivity index (χ1) is 10.8. The summed E-state index contributed by atoms with van der Waals surface area (Å²) in [5.74, 6) is -0.184. The molecule has 0 fully saturated rings. The number of ether oxygens (including phenoxy) is 2. The molecular formula is C14H18N4O3S. The summed E-state index contributed by atoms with van der Waals surface area (Å²) in [4.78, 5) is 15.9. The maximum Gasteiger partial charge on any atom is 0.270 e. The van der Waals surface area contributed by atoms with Gasteiger partial charge in [0.05, 0.1) is 31.0 Å². The van der Waals surface area contributed by atoms with Crippen LogP contribution in [0.2, 0.25) is 0 Å². The van der Waals surface area contributed by atoms with E-state index in [9.17, 15) is 4.79 Å². The maximum atomic E-state index is 11.9. The molecule has 1 aliphatic heterocycles. The number of fused-ring (bicyclic) bond motifs is 1. The van der Waals surface area contributed by atoms with Gasteiger partial charge in [-0.05, 0) is 12.0 Å². The number of amides is 1. The van der Waals surface area contributed by atoms with E-state index in [4.69, 9.17) is 9.47 Å². The summed E-state index contributed by atoms with van der Waals surface area (Å²) >= 11 is 1.40. The van der Waals surface area contributed by atoms with Gasteiger partial charge in [-0.15, -0.1) is 11.3 Å². The Morgan fingerprint density at radius 3 is 3.32 bits per heavy atom. The van der Waals surface area contributed by atoms with Gasteiger partial charge in [0.15, 0.2) is 0 Å². The van der Waals surface area contributed by atoms with Crippen molar-refractivity contribution in [3.63, 3.8) is 0 Å². The molecule has 22 heavy (non-hydrogen) atoms. The molecule has 118 valence electrons. The van der Waals surface area contributed by atoms with Gasteiger partial charge in [0.2, 0.25) is 0 Å². The van der Waals surface area contributed by atoms with Gasteiger partial charge in [-0.25, -0.2) is 4.98 Å². The van der Waals surface area contributed by atoms with Crippen LogP contribution in [-0.4, -0.2) is 47.5 Å². The number of carbonyl (C=O) groups is 1. The van der Waals surface area contributed by atoms with Crippen molar-refractivity contribution in [2.45, 2.75) is 19.1 Å². The van der Waals surface area contributed by atoms with Crippen molar-refractivity contribution in [2.24, 2.45) is 0 Å². The van der Waals surface area contributed by atoms with Gasteiger partial charge in [-0.3, -0.25) is 9.48 Å². The molecule has 0 aromatic carbocycles. The second-order valence-electron chi connectivity index (χ2n) is 4.99. The fraction of sp³-hybridized carbons (Fsp3) is 0.500. The molecule has 7 nitrogen and oxygen atoms in total. The lowest BCUT2D eigenvalue weighted by molar-refractivity contribution is 0.0382. The molecule has 1 aliphatic rings. The Kier molecular flexibility index (Phi) is 4.81. The standard InChI is InChI=1S/C14H18N4O3S/c1-20-5-3-18-7-10-2-4-21-12(13(10)17-18)6-15-14(19)11-8-22-9-16-11/h7-9,12H,2-6H2,1H3,(H,15,19)/t12-/m1/s1. The van der Waals surface area contributed by atoms with Crippen molar-refractivity contribution >= 4 is 17.2 Å². The normalized spacial score (nSPS) is 17.2. The molecule has 0 spiro atoms. The van der Waals surface area contributed by atoms with Crippen LogP contribution in [0.3, 0.4) is 0 Å². The Bertz CT molecular complexity index is 626. The van der Waals surface area contributed by atoms with E-state index in [2.05, 4.69) is 15.4 Å². The molecular weight excluding hydrogens is 304 g/mol. The van der Waals surface area contributed by atoms with Gasteiger partial charge in [0.25, 0.3) is 5.91 Å². The number of aromatic nitrogens is 3. The lowest BCUT2D eigenvalue weighted by Crippen LogP contribution is -2.32. The van der Waals surface area contributed by atoms with Crippen LogP contribution in [0.15, 0.2) is 17.1 Å². The Morgan fingerprint density at radius 1 is 1.64 bits per heavy atom. The van der Waals surface area contributed by atoms with Crippen LogP contribution in [0.25, 0.3) is 0 Å². The van der Waals surface area contributed by atoms with Crippen LogP contribution in [0.4, 0.5) is 0 Å². The maximum absolute atomic E-state index is 11.9. The Labute approximate surface area is 132 Å². The molecule has 2 aromatic rings. The number of rotatable bonds is 6. The molecule has 0 bridgehead atoms. The zero-order valence-electron chi connectivity index (χ0n) is 12.3. The number of nitrogens with one attached hydrogen (secondary N) is 1. The fourth-order valence-electron chi connectivity index (χ4n) is 2.39. The summed E-state index contributed by atoms with van der Waals surface area (Å²) < 4.78 is 12.7. The van der Waals surface area contributed by atoms with Crippen molar-refractivity contribution in [1.82, 2.24) is 20.1 Å². The molecule has 2 aromatic heterocycles. The highest BCUT2D eigenvalue weighted by atomic mass is 32.1. The minimum Gasteiger partial charge on any atom is -0.383 e. The minimum absolute atomic E-state index is 0.184. The van der Waals surface area contributed by atoms with Crippen LogP contribution in [-0.2, 0) is 22.4 Å². The summed E-state index contributed by atoms with van der Waals surface area (Å²) in [6.45, 7) is 2.36. The average Bonchev–Trinajstić information content (AvgIpc) is 3.19.